The van der Waals surface area contributed by atoms with Crippen molar-refractivity contribution in [2.45, 2.75) is 51.5 Å². The summed E-state index contributed by atoms with van der Waals surface area (Å²) in [5, 5.41) is 4.46. The standard InChI is InChI=1S/C28H31N7O/c1-19(2)24-18-31-35-13-7-20(14-26(24)35)25-6-9-29-27(32-25)15-21-4-5-23(17-30-21)34-12-8-22(16-28(34)36)33-10-3-11-33/h4-7,9,13-14,17-19,22H,3,8,10-12,15-16H2,1-2H3. The van der Waals surface area contributed by atoms with E-state index in [1.54, 1.807) is 6.20 Å². The molecule has 2 saturated heterocycles. The smallest absolute Gasteiger partial charge is 0.228 e. The Morgan fingerprint density at radius 1 is 1.06 bits per heavy atom. The second kappa shape index (κ2) is 9.43. The Morgan fingerprint density at radius 2 is 1.94 bits per heavy atom. The zero-order chi connectivity index (χ0) is 24.6. The van der Waals surface area contributed by atoms with Crippen molar-refractivity contribution < 1.29 is 4.79 Å². The molecule has 1 atom stereocenters. The molecule has 6 heterocycles. The largest absolute Gasteiger partial charge is 0.311 e. The van der Waals surface area contributed by atoms with Gasteiger partial charge in [0.15, 0.2) is 0 Å². The number of pyridine rings is 2. The molecule has 8 heteroatoms. The van der Waals surface area contributed by atoms with Crippen LogP contribution in [-0.4, -0.2) is 61.0 Å². The zero-order valence-electron chi connectivity index (χ0n) is 20.8. The molecule has 0 spiro atoms. The topological polar surface area (TPSA) is 79.5 Å². The number of likely N-dealkylation sites (tertiary alicyclic amines) is 1. The summed E-state index contributed by atoms with van der Waals surface area (Å²) in [4.78, 5) is 31.0. The average Bonchev–Trinajstić information content (AvgIpc) is 3.28. The van der Waals surface area contributed by atoms with Gasteiger partial charge in [-0.3, -0.25) is 14.7 Å². The molecule has 0 radical (unpaired) electrons. The summed E-state index contributed by atoms with van der Waals surface area (Å²) >= 11 is 0. The summed E-state index contributed by atoms with van der Waals surface area (Å²) in [6.45, 7) is 7.38. The lowest BCUT2D eigenvalue weighted by Gasteiger charge is -2.42. The van der Waals surface area contributed by atoms with Crippen molar-refractivity contribution in [1.29, 1.82) is 0 Å². The number of rotatable bonds is 6. The van der Waals surface area contributed by atoms with Crippen LogP contribution in [0, 0.1) is 0 Å². The fraction of sp³-hybridized carbons (Fsp3) is 0.393. The van der Waals surface area contributed by atoms with E-state index in [-0.39, 0.29) is 5.91 Å². The fourth-order valence-corrected chi connectivity index (χ4v) is 5.20. The highest BCUT2D eigenvalue weighted by Gasteiger charge is 2.32. The minimum absolute atomic E-state index is 0.194. The highest BCUT2D eigenvalue weighted by Crippen LogP contribution is 2.27. The Hall–Kier alpha value is -3.65. The third-order valence-electron chi connectivity index (χ3n) is 7.44. The van der Waals surface area contributed by atoms with Gasteiger partial charge in [0.05, 0.1) is 35.7 Å². The highest BCUT2D eigenvalue weighted by atomic mass is 16.2. The van der Waals surface area contributed by atoms with E-state index >= 15 is 0 Å². The van der Waals surface area contributed by atoms with Crippen LogP contribution in [-0.2, 0) is 11.2 Å². The van der Waals surface area contributed by atoms with E-state index < -0.39 is 0 Å². The van der Waals surface area contributed by atoms with Crippen LogP contribution in [0.25, 0.3) is 16.8 Å². The first-order valence-electron chi connectivity index (χ1n) is 12.8. The molecule has 1 amide bonds. The molecule has 0 aliphatic carbocycles. The van der Waals surface area contributed by atoms with Crippen LogP contribution in [0.2, 0.25) is 0 Å². The molecule has 1 unspecified atom stereocenters. The van der Waals surface area contributed by atoms with Crippen molar-refractivity contribution in [2.24, 2.45) is 0 Å². The van der Waals surface area contributed by atoms with Gasteiger partial charge in [0.25, 0.3) is 0 Å². The number of hydrogen-bond donors (Lipinski definition) is 0. The van der Waals surface area contributed by atoms with Crippen molar-refractivity contribution >= 4 is 17.1 Å². The highest BCUT2D eigenvalue weighted by molar-refractivity contribution is 5.94. The summed E-state index contributed by atoms with van der Waals surface area (Å²) in [5.41, 5.74) is 5.99. The van der Waals surface area contributed by atoms with Crippen LogP contribution in [0.15, 0.2) is 55.1 Å². The quantitative estimate of drug-likeness (QED) is 0.413. The average molecular weight is 482 g/mol. The predicted molar refractivity (Wildman–Crippen MR) is 139 cm³/mol. The van der Waals surface area contributed by atoms with E-state index in [0.717, 1.165) is 60.0 Å². The van der Waals surface area contributed by atoms with E-state index in [9.17, 15) is 4.79 Å². The van der Waals surface area contributed by atoms with E-state index in [1.165, 1.54) is 12.0 Å². The number of aromatic nitrogens is 5. The van der Waals surface area contributed by atoms with Crippen LogP contribution in [0.1, 0.15) is 56.1 Å². The monoisotopic (exact) mass is 481 g/mol. The Balaban J connectivity index is 1.16. The molecule has 0 saturated carbocycles. The number of carbonyl (C=O) groups excluding carboxylic acids is 1. The second-order valence-corrected chi connectivity index (χ2v) is 10.1. The van der Waals surface area contributed by atoms with Crippen LogP contribution in [0.4, 0.5) is 5.69 Å². The van der Waals surface area contributed by atoms with E-state index in [4.69, 9.17) is 4.98 Å². The lowest BCUT2D eigenvalue weighted by molar-refractivity contribution is -0.121. The van der Waals surface area contributed by atoms with E-state index in [1.807, 2.05) is 52.3 Å². The molecule has 184 valence electrons. The minimum atomic E-state index is 0.194. The first-order valence-corrected chi connectivity index (χ1v) is 12.8. The molecule has 4 aromatic rings. The Morgan fingerprint density at radius 3 is 2.67 bits per heavy atom. The van der Waals surface area contributed by atoms with Gasteiger partial charge in [-0.1, -0.05) is 13.8 Å². The number of hydrogen-bond acceptors (Lipinski definition) is 6. The third kappa shape index (κ3) is 4.37. The second-order valence-electron chi connectivity index (χ2n) is 10.1. The van der Waals surface area contributed by atoms with Crippen molar-refractivity contribution in [3.63, 3.8) is 0 Å². The van der Waals surface area contributed by atoms with E-state index in [0.29, 0.717) is 24.8 Å². The number of fused-ring (bicyclic) bond motifs is 1. The van der Waals surface area contributed by atoms with Gasteiger partial charge in [0.2, 0.25) is 5.91 Å². The zero-order valence-corrected chi connectivity index (χ0v) is 20.8. The molecule has 2 aliphatic rings. The molecular weight excluding hydrogens is 450 g/mol. The summed E-state index contributed by atoms with van der Waals surface area (Å²) in [7, 11) is 0. The molecule has 0 N–H and O–H groups in total. The van der Waals surface area contributed by atoms with Crippen molar-refractivity contribution in [1.82, 2.24) is 29.5 Å². The van der Waals surface area contributed by atoms with Gasteiger partial charge in [-0.2, -0.15) is 5.10 Å². The first-order chi connectivity index (χ1) is 17.5. The Bertz CT molecular complexity index is 1390. The molecule has 0 bridgehead atoms. The first kappa shape index (κ1) is 22.8. The van der Waals surface area contributed by atoms with Gasteiger partial charge in [0.1, 0.15) is 5.82 Å². The van der Waals surface area contributed by atoms with Gasteiger partial charge in [-0.15, -0.1) is 0 Å². The van der Waals surface area contributed by atoms with E-state index in [2.05, 4.69) is 39.9 Å². The molecule has 2 fully saturated rings. The Kier molecular flexibility index (Phi) is 5.97. The summed E-state index contributed by atoms with van der Waals surface area (Å²) < 4.78 is 1.91. The molecule has 0 aromatic carbocycles. The summed E-state index contributed by atoms with van der Waals surface area (Å²) in [6.07, 6.45) is 10.9. The lowest BCUT2D eigenvalue weighted by atomic mass is 9.99. The SMILES string of the molecule is CC(C)c1cnn2ccc(-c3ccnc(Cc4ccc(N5CCC(N6CCC6)CC5=O)cn4)n3)cc12. The van der Waals surface area contributed by atoms with Crippen LogP contribution in [0.5, 0.6) is 0 Å². The van der Waals surface area contributed by atoms with Crippen LogP contribution >= 0.6 is 0 Å². The molecule has 36 heavy (non-hydrogen) atoms. The van der Waals surface area contributed by atoms with Crippen molar-refractivity contribution in [2.75, 3.05) is 24.5 Å². The van der Waals surface area contributed by atoms with Crippen molar-refractivity contribution in [3.8, 4) is 11.3 Å². The van der Waals surface area contributed by atoms with Gasteiger partial charge < -0.3 is 4.90 Å². The minimum Gasteiger partial charge on any atom is -0.311 e. The number of nitrogens with zero attached hydrogens (tertiary/aromatic N) is 7. The number of piperidine rings is 1. The molecule has 2 aliphatic heterocycles. The maximum Gasteiger partial charge on any atom is 0.228 e. The lowest BCUT2D eigenvalue weighted by Crippen LogP contribution is -2.52. The maximum absolute atomic E-state index is 12.8. The predicted octanol–water partition coefficient (Wildman–Crippen LogP) is 4.10. The molecule has 4 aromatic heterocycles. The number of anilines is 1. The van der Waals surface area contributed by atoms with Gasteiger partial charge in [-0.25, -0.2) is 14.5 Å². The normalized spacial score (nSPS) is 18.7. The summed E-state index contributed by atoms with van der Waals surface area (Å²) in [5.74, 6) is 1.31. The van der Waals surface area contributed by atoms with Crippen LogP contribution in [0.3, 0.4) is 0 Å². The molecular formula is C28H31N7O. The van der Waals surface area contributed by atoms with Gasteiger partial charge in [0, 0.05) is 48.2 Å². The van der Waals surface area contributed by atoms with Gasteiger partial charge in [-0.05, 0) is 62.2 Å². The fourth-order valence-electron chi connectivity index (χ4n) is 5.20. The van der Waals surface area contributed by atoms with Crippen molar-refractivity contribution in [3.05, 3.63) is 72.2 Å². The Labute approximate surface area is 211 Å². The molecule has 6 rings (SSSR count). The number of amides is 1. The third-order valence-corrected chi connectivity index (χ3v) is 7.44. The summed E-state index contributed by atoms with van der Waals surface area (Å²) in [6, 6.07) is 10.5. The maximum atomic E-state index is 12.8. The van der Waals surface area contributed by atoms with Crippen LogP contribution < -0.4 is 4.90 Å². The van der Waals surface area contributed by atoms with Gasteiger partial charge >= 0.3 is 0 Å². The number of carbonyl (C=O) groups is 1. The molecule has 8 nitrogen and oxygen atoms in total.